The molecule has 11 nitrogen and oxygen atoms in total. The van der Waals surface area contributed by atoms with Gasteiger partial charge in [-0.1, -0.05) is 218 Å². The molecule has 2 aliphatic heterocycles. The lowest BCUT2D eigenvalue weighted by Crippen LogP contribution is -2.22. The van der Waals surface area contributed by atoms with Gasteiger partial charge in [-0.15, -0.1) is 8.30 Å². The van der Waals surface area contributed by atoms with E-state index < -0.39 is 69.4 Å². The largest absolute Gasteiger partial charge is 0.518 e. The quantitative estimate of drug-likeness (QED) is 0.108. The molecule has 0 aliphatic carbocycles. The average molecular weight is 1240 g/mol. The van der Waals surface area contributed by atoms with Crippen LogP contribution in [-0.2, 0) is 20.0 Å². The molecule has 0 saturated heterocycles. The van der Waals surface area contributed by atoms with E-state index in [1.54, 1.807) is 243 Å². The molecule has 0 unspecified atom stereocenters. The highest BCUT2D eigenvalue weighted by atomic mass is 32.2. The summed E-state index contributed by atoms with van der Waals surface area (Å²) >= 11 is 0. The topological polar surface area (TPSA) is 144 Å². The maximum atomic E-state index is 15.8. The fraction of sp³-hybridized carbons (Fsp3) is 0.0303. The van der Waals surface area contributed by atoms with Gasteiger partial charge < -0.3 is 23.0 Å². The Morgan fingerprint density at radius 3 is 0.736 bits per heavy atom. The molecule has 0 spiro atoms. The number of rotatable bonds is 8. The summed E-state index contributed by atoms with van der Waals surface area (Å²) in [6, 6.07) is 67.5. The van der Waals surface area contributed by atoms with Crippen molar-refractivity contribution in [1.82, 2.24) is 0 Å². The van der Waals surface area contributed by atoms with Crippen molar-refractivity contribution in [2.75, 3.05) is 0 Å². The molecule has 12 aromatic rings. The van der Waals surface area contributed by atoms with Crippen LogP contribution in [0.3, 0.4) is 0 Å². The van der Waals surface area contributed by atoms with E-state index in [1.807, 2.05) is 0 Å². The van der Waals surface area contributed by atoms with Crippen molar-refractivity contribution in [3.8, 4) is 89.8 Å². The second-order valence-corrected chi connectivity index (χ2v) is 27.8. The fourth-order valence-electron chi connectivity index (χ4n) is 11.2. The number of nitrogens with zero attached hydrogens (tertiary/aromatic N) is 3. The third-order valence-electron chi connectivity index (χ3n) is 14.9. The highest BCUT2D eigenvalue weighted by molar-refractivity contribution is 7.98. The molecule has 0 aromatic heterocycles. The van der Waals surface area contributed by atoms with E-state index in [-0.39, 0.29) is 44.5 Å². The molecule has 0 saturated carbocycles. The fourth-order valence-corrected chi connectivity index (χ4v) is 19.0. The van der Waals surface area contributed by atoms with Gasteiger partial charge in [0, 0.05) is 44.5 Å². The van der Waals surface area contributed by atoms with E-state index in [0.29, 0.717) is 65.3 Å². The maximum absolute atomic E-state index is 15.8. The van der Waals surface area contributed by atoms with Crippen LogP contribution >= 0.6 is 15.3 Å². The SMILES string of the molecule is O=S(=O)(N=P1([N-]P2(=NS(=O)(=O)C(F)(F)F)Oc3c(-c4ccccc4)cc4ccccc4c3-c3c(c(-c4ccccc4)cc4ccccc34)O2)Oc2c(-c3ccccc3)cc3ccccc3c2-c2c(c(-c3ccccc3)cc3ccccc23)O1)C(F)(F)F. The predicted octanol–water partition coefficient (Wildman–Crippen LogP) is 20.5. The molecule has 0 fully saturated rings. The summed E-state index contributed by atoms with van der Waals surface area (Å²) in [7, 11) is -26.7. The molecule has 0 radical (unpaired) electrons. The Hall–Kier alpha value is -9.22. The maximum Gasteiger partial charge on any atom is 0.518 e. The van der Waals surface area contributed by atoms with Gasteiger partial charge in [0.2, 0.25) is 15.3 Å². The predicted molar refractivity (Wildman–Crippen MR) is 330 cm³/mol. The van der Waals surface area contributed by atoms with Crippen LogP contribution in [0, 0.1) is 0 Å². The van der Waals surface area contributed by atoms with Gasteiger partial charge in [-0.05, 0) is 89.6 Å². The van der Waals surface area contributed by atoms with Gasteiger partial charge in [-0.25, -0.2) is 0 Å². The summed E-state index contributed by atoms with van der Waals surface area (Å²) in [5, 5.41) is 3.69. The van der Waals surface area contributed by atoms with E-state index in [4.69, 9.17) is 18.1 Å². The van der Waals surface area contributed by atoms with E-state index >= 15 is 26.3 Å². The number of benzene rings is 12. The number of sulfonamides is 2. The molecule has 0 N–H and O–H groups in total. The monoisotopic (exact) mass is 1240 g/mol. The summed E-state index contributed by atoms with van der Waals surface area (Å²) in [4.78, 5) is 4.67. The molecule has 14 rings (SSSR count). The van der Waals surface area contributed by atoms with Crippen LogP contribution in [0.4, 0.5) is 26.3 Å². The Morgan fingerprint density at radius 1 is 0.310 bits per heavy atom. The van der Waals surface area contributed by atoms with Crippen LogP contribution in [0.15, 0.2) is 251 Å². The lowest BCUT2D eigenvalue weighted by Gasteiger charge is -2.42. The third kappa shape index (κ3) is 9.66. The molecule has 0 amide bonds. The van der Waals surface area contributed by atoms with Gasteiger partial charge in [-0.3, -0.25) is 0 Å². The zero-order valence-electron chi connectivity index (χ0n) is 44.7. The van der Waals surface area contributed by atoms with E-state index in [0.717, 1.165) is 0 Å². The Kier molecular flexibility index (Phi) is 13.3. The minimum Gasteiger partial charge on any atom is -0.442 e. The van der Waals surface area contributed by atoms with E-state index in [1.165, 1.54) is 0 Å². The molecule has 432 valence electrons. The first-order valence-corrected chi connectivity index (χ1v) is 32.6. The van der Waals surface area contributed by atoms with E-state index in [9.17, 15) is 16.8 Å². The van der Waals surface area contributed by atoms with Gasteiger partial charge in [0.15, 0.2) is 0 Å². The number of halogens is 6. The lowest BCUT2D eigenvalue weighted by molar-refractivity contribution is -0.0440. The van der Waals surface area contributed by atoms with Crippen LogP contribution in [0.2, 0.25) is 0 Å². The first-order valence-electron chi connectivity index (χ1n) is 26.7. The standard InChI is InChI=1S/C66H40F6N3O8P2S2/c67-65(68,69)86(76,77)74-84(80-61-53(41-21-5-1-6-22-41)37-45-29-13-17-33-49(45)57(61)58-50-34-18-14-30-46(50)38-54(62(58)81-84)42-23-7-2-8-24-42)73-85(75-87(78,79)66(70,71)72)82-63-55(43-25-9-3-10-26-43)39-47-31-15-19-35-51(47)59(63)60-52-36-20-16-32-48(52)40-56(64(60)83-85)44-27-11-4-12-28-44/h1-40H/q-1. The van der Waals surface area contributed by atoms with Crippen molar-refractivity contribution in [2.45, 2.75) is 11.0 Å². The van der Waals surface area contributed by atoms with Crippen LogP contribution in [0.5, 0.6) is 23.0 Å². The molecule has 2 aliphatic rings. The molecule has 87 heavy (non-hydrogen) atoms. The van der Waals surface area contributed by atoms with Crippen LogP contribution in [-0.4, -0.2) is 27.9 Å². The zero-order chi connectivity index (χ0) is 60.1. The molecule has 21 heteroatoms. The average Bonchev–Trinajstić information content (AvgIpc) is 1.69. The van der Waals surface area contributed by atoms with Gasteiger partial charge in [0.1, 0.15) is 23.0 Å². The van der Waals surface area contributed by atoms with Crippen LogP contribution in [0.1, 0.15) is 0 Å². The summed E-state index contributed by atoms with van der Waals surface area (Å²) in [5.74, 6) is -1.64. The Bertz CT molecular complexity index is 4590. The number of hydrogen-bond acceptors (Lipinski definition) is 8. The van der Waals surface area contributed by atoms with Crippen molar-refractivity contribution in [3.63, 3.8) is 0 Å². The molecule has 2 heterocycles. The van der Waals surface area contributed by atoms with Gasteiger partial charge >= 0.3 is 31.1 Å². The highest BCUT2D eigenvalue weighted by Crippen LogP contribution is 2.79. The second-order valence-electron chi connectivity index (χ2n) is 20.3. The van der Waals surface area contributed by atoms with Gasteiger partial charge in [-0.2, -0.15) is 43.2 Å². The summed E-state index contributed by atoms with van der Waals surface area (Å²) < 4.78 is 188. The van der Waals surface area contributed by atoms with Crippen molar-refractivity contribution in [2.24, 2.45) is 8.30 Å². The highest BCUT2D eigenvalue weighted by Gasteiger charge is 2.52. The first kappa shape index (κ1) is 55.6. The molecule has 12 aromatic carbocycles. The summed E-state index contributed by atoms with van der Waals surface area (Å²) in [6.07, 6.45) is 0. The first-order chi connectivity index (χ1) is 41.8. The minimum absolute atomic E-state index is 0.0930. The Labute approximate surface area is 493 Å². The van der Waals surface area contributed by atoms with Crippen molar-refractivity contribution < 1.29 is 61.3 Å². The molecular weight excluding hydrogens is 1200 g/mol. The Morgan fingerprint density at radius 2 is 0.517 bits per heavy atom. The van der Waals surface area contributed by atoms with Crippen LogP contribution < -0.4 is 18.1 Å². The normalized spacial score (nSPS) is 14.4. The second kappa shape index (κ2) is 20.7. The number of fused-ring (bicyclic) bond motifs is 14. The Balaban J connectivity index is 1.21. The smallest absolute Gasteiger partial charge is 0.442 e. The van der Waals surface area contributed by atoms with E-state index in [2.05, 4.69) is 13.2 Å². The molecule has 0 atom stereocenters. The lowest BCUT2D eigenvalue weighted by atomic mass is 9.86. The molecular formula is C66H40F6N3O8P2S2-. The van der Waals surface area contributed by atoms with Crippen molar-refractivity contribution in [3.05, 3.63) is 248 Å². The van der Waals surface area contributed by atoms with Crippen molar-refractivity contribution >= 4 is 78.5 Å². The number of alkyl halides is 6. The minimum atomic E-state index is -7.03. The molecule has 0 bridgehead atoms. The zero-order valence-corrected chi connectivity index (χ0v) is 48.1. The van der Waals surface area contributed by atoms with Gasteiger partial charge in [0.05, 0.1) is 0 Å². The summed E-state index contributed by atoms with van der Waals surface area (Å²) in [5.41, 5.74) is -10.4. The third-order valence-corrected chi connectivity index (χ3v) is 22.9. The van der Waals surface area contributed by atoms with Crippen molar-refractivity contribution in [1.29, 1.82) is 0 Å². The van der Waals surface area contributed by atoms with Gasteiger partial charge in [0.25, 0.3) is 0 Å². The number of hydrogen-bond donors (Lipinski definition) is 0. The summed E-state index contributed by atoms with van der Waals surface area (Å²) in [6.45, 7) is 0. The van der Waals surface area contributed by atoms with Crippen LogP contribution in [0.25, 0.3) is 115 Å².